The monoisotopic (exact) mass is 252 g/mol. The van der Waals surface area contributed by atoms with Crippen LogP contribution in [0.1, 0.15) is 11.1 Å². The minimum atomic E-state index is -0.384. The average Bonchev–Trinajstić information content (AvgIpc) is 2.38. The predicted octanol–water partition coefficient (Wildman–Crippen LogP) is 2.31. The molecule has 1 N–H and O–H groups in total. The second-order valence-electron chi connectivity index (χ2n) is 4.37. The van der Waals surface area contributed by atoms with Gasteiger partial charge in [0.25, 0.3) is 5.69 Å². The van der Waals surface area contributed by atoms with Crippen LogP contribution >= 0.6 is 0 Å². The number of hydrogen-bond acceptors (Lipinski definition) is 3. The Morgan fingerprint density at radius 1 is 1.21 bits per heavy atom. The minimum absolute atomic E-state index is 0.0843. The molecule has 0 bridgehead atoms. The quantitative estimate of drug-likeness (QED) is 0.516. The first-order chi connectivity index (χ1) is 9.06. The van der Waals surface area contributed by atoms with Gasteiger partial charge in [-0.3, -0.25) is 10.1 Å². The summed E-state index contributed by atoms with van der Waals surface area (Å²) in [5, 5.41) is 14.0. The number of aryl methyl sites for hydroxylation is 1. The Balaban J connectivity index is 2.16. The lowest BCUT2D eigenvalue weighted by molar-refractivity contribution is -0.384. The van der Waals surface area contributed by atoms with E-state index in [9.17, 15) is 10.1 Å². The summed E-state index contributed by atoms with van der Waals surface area (Å²) in [5.41, 5.74) is 3.31. The van der Waals surface area contributed by atoms with Crippen molar-refractivity contribution in [3.63, 3.8) is 0 Å². The van der Waals surface area contributed by atoms with E-state index >= 15 is 0 Å². The van der Waals surface area contributed by atoms with Gasteiger partial charge in [0.15, 0.2) is 0 Å². The first-order valence-corrected chi connectivity index (χ1v) is 5.89. The Morgan fingerprint density at radius 3 is 2.53 bits per heavy atom. The van der Waals surface area contributed by atoms with Gasteiger partial charge < -0.3 is 5.32 Å². The Bertz CT molecular complexity index is 597. The van der Waals surface area contributed by atoms with Crippen LogP contribution in [0.3, 0.4) is 0 Å². The zero-order valence-corrected chi connectivity index (χ0v) is 10.6. The molecule has 2 radical (unpaired) electrons. The largest absolute Gasteiger partial charge is 0.375 e. The molecule has 0 amide bonds. The van der Waals surface area contributed by atoms with Crippen LogP contribution in [0, 0.1) is 17.0 Å². The number of rotatable bonds is 4. The molecule has 2 aromatic carbocycles. The molecule has 2 aromatic rings. The van der Waals surface area contributed by atoms with Gasteiger partial charge in [-0.05, 0) is 24.1 Å². The molecule has 4 nitrogen and oxygen atoms in total. The van der Waals surface area contributed by atoms with Crippen LogP contribution < -0.4 is 10.8 Å². The van der Waals surface area contributed by atoms with Crippen LogP contribution in [0.4, 0.5) is 11.4 Å². The van der Waals surface area contributed by atoms with Gasteiger partial charge in [0.2, 0.25) is 0 Å². The van der Waals surface area contributed by atoms with Crippen molar-refractivity contribution in [2.24, 2.45) is 0 Å². The molecule has 0 saturated carbocycles. The van der Waals surface area contributed by atoms with Gasteiger partial charge in [-0.25, -0.2) is 0 Å². The number of hydrogen-bond donors (Lipinski definition) is 1. The molecule has 19 heavy (non-hydrogen) atoms. The van der Waals surface area contributed by atoms with Crippen LogP contribution in [0.5, 0.6) is 0 Å². The fourth-order valence-corrected chi connectivity index (χ4v) is 1.78. The van der Waals surface area contributed by atoms with Gasteiger partial charge >= 0.3 is 0 Å². The minimum Gasteiger partial charge on any atom is -0.375 e. The van der Waals surface area contributed by atoms with Gasteiger partial charge in [-0.15, -0.1) is 0 Å². The number of nitro benzene ring substituents is 1. The van der Waals surface area contributed by atoms with Gasteiger partial charge in [-0.2, -0.15) is 0 Å². The second kappa shape index (κ2) is 5.56. The molecule has 2 rings (SSSR count). The van der Waals surface area contributed by atoms with Crippen molar-refractivity contribution in [3.8, 4) is 0 Å². The third kappa shape index (κ3) is 3.34. The Kier molecular flexibility index (Phi) is 3.85. The summed E-state index contributed by atoms with van der Waals surface area (Å²) in [6.45, 7) is 2.42. The molecule has 0 spiro atoms. The normalized spacial score (nSPS) is 10.2. The number of nitrogens with zero attached hydrogens (tertiary/aromatic N) is 1. The van der Waals surface area contributed by atoms with Crippen molar-refractivity contribution in [1.29, 1.82) is 0 Å². The van der Waals surface area contributed by atoms with Crippen molar-refractivity contribution >= 4 is 24.7 Å². The highest BCUT2D eigenvalue weighted by atomic mass is 16.6. The Labute approximate surface area is 113 Å². The number of anilines is 1. The predicted molar refractivity (Wildman–Crippen MR) is 77.0 cm³/mol. The second-order valence-corrected chi connectivity index (χ2v) is 4.37. The maximum absolute atomic E-state index is 10.9. The van der Waals surface area contributed by atoms with Crippen molar-refractivity contribution in [3.05, 3.63) is 63.7 Å². The highest BCUT2D eigenvalue weighted by Gasteiger charge is 2.12. The van der Waals surface area contributed by atoms with Crippen molar-refractivity contribution in [2.75, 3.05) is 5.32 Å². The molecule has 0 aliphatic heterocycles. The number of benzene rings is 2. The van der Waals surface area contributed by atoms with E-state index in [1.807, 2.05) is 31.2 Å². The van der Waals surface area contributed by atoms with E-state index in [0.717, 1.165) is 11.1 Å². The van der Waals surface area contributed by atoms with Crippen molar-refractivity contribution in [2.45, 2.75) is 13.5 Å². The first-order valence-electron chi connectivity index (χ1n) is 5.89. The standard InChI is InChI=1S/C14H13BN2O2/c1-10-2-7-14(17(18)19)13(8-10)16-9-11-3-5-12(15)6-4-11/h2-8,16H,9H2,1H3. The summed E-state index contributed by atoms with van der Waals surface area (Å²) in [5.74, 6) is 0. The summed E-state index contributed by atoms with van der Waals surface area (Å²) in [6.07, 6.45) is 0. The molecule has 0 unspecified atom stereocenters. The van der Waals surface area contributed by atoms with E-state index in [1.54, 1.807) is 12.1 Å². The average molecular weight is 252 g/mol. The molecule has 0 heterocycles. The molecular weight excluding hydrogens is 239 g/mol. The van der Waals surface area contributed by atoms with Gasteiger partial charge in [-0.1, -0.05) is 35.8 Å². The van der Waals surface area contributed by atoms with Crippen LogP contribution in [0.25, 0.3) is 0 Å². The van der Waals surface area contributed by atoms with Crippen molar-refractivity contribution in [1.82, 2.24) is 0 Å². The molecule has 0 aliphatic rings. The lowest BCUT2D eigenvalue weighted by Crippen LogP contribution is -2.05. The fraction of sp³-hybridized carbons (Fsp3) is 0.143. The van der Waals surface area contributed by atoms with Gasteiger partial charge in [0.05, 0.1) is 4.92 Å². The van der Waals surface area contributed by atoms with Crippen LogP contribution in [-0.4, -0.2) is 12.8 Å². The lowest BCUT2D eigenvalue weighted by Gasteiger charge is -2.08. The summed E-state index contributed by atoms with van der Waals surface area (Å²) in [7, 11) is 5.61. The van der Waals surface area contributed by atoms with Crippen LogP contribution in [-0.2, 0) is 6.54 Å². The number of nitro groups is 1. The summed E-state index contributed by atoms with van der Waals surface area (Å²) in [6, 6.07) is 12.4. The van der Waals surface area contributed by atoms with Gasteiger partial charge in [0.1, 0.15) is 13.5 Å². The zero-order valence-electron chi connectivity index (χ0n) is 10.6. The third-order valence-electron chi connectivity index (χ3n) is 2.81. The first kappa shape index (κ1) is 13.1. The molecule has 0 atom stereocenters. The van der Waals surface area contributed by atoms with E-state index in [0.29, 0.717) is 17.7 Å². The van der Waals surface area contributed by atoms with E-state index in [-0.39, 0.29) is 10.6 Å². The summed E-state index contributed by atoms with van der Waals surface area (Å²) in [4.78, 5) is 10.6. The van der Waals surface area contributed by atoms with Gasteiger partial charge in [0, 0.05) is 12.6 Å². The Hall–Kier alpha value is -2.30. The molecule has 0 aliphatic carbocycles. The van der Waals surface area contributed by atoms with Crippen LogP contribution in [0.2, 0.25) is 0 Å². The molecular formula is C14H13BN2O2. The smallest absolute Gasteiger partial charge is 0.292 e. The number of nitrogens with one attached hydrogen (secondary N) is 1. The highest BCUT2D eigenvalue weighted by Crippen LogP contribution is 2.25. The summed E-state index contributed by atoms with van der Waals surface area (Å²) >= 11 is 0. The SMILES string of the molecule is [B]c1ccc(CNc2cc(C)ccc2[N+](=O)[O-])cc1. The molecule has 0 saturated heterocycles. The van der Waals surface area contributed by atoms with Crippen molar-refractivity contribution < 1.29 is 4.92 Å². The van der Waals surface area contributed by atoms with E-state index in [2.05, 4.69) is 5.32 Å². The fourth-order valence-electron chi connectivity index (χ4n) is 1.78. The zero-order chi connectivity index (χ0) is 13.8. The molecule has 5 heteroatoms. The molecule has 0 aromatic heterocycles. The topological polar surface area (TPSA) is 55.2 Å². The van der Waals surface area contributed by atoms with Crippen LogP contribution in [0.15, 0.2) is 42.5 Å². The highest BCUT2D eigenvalue weighted by molar-refractivity contribution is 6.32. The lowest BCUT2D eigenvalue weighted by atomic mass is 9.95. The molecule has 0 fully saturated rings. The van der Waals surface area contributed by atoms with E-state index < -0.39 is 0 Å². The molecule has 94 valence electrons. The summed E-state index contributed by atoms with van der Waals surface area (Å²) < 4.78 is 0. The maximum atomic E-state index is 10.9. The maximum Gasteiger partial charge on any atom is 0.292 e. The van der Waals surface area contributed by atoms with E-state index in [1.165, 1.54) is 6.07 Å². The Morgan fingerprint density at radius 2 is 1.89 bits per heavy atom. The third-order valence-corrected chi connectivity index (χ3v) is 2.81. The van der Waals surface area contributed by atoms with E-state index in [4.69, 9.17) is 7.85 Å².